The minimum Gasteiger partial charge on any atom is -0.479 e. The number of rotatable bonds is 8. The van der Waals surface area contributed by atoms with E-state index in [1.165, 1.54) is 7.05 Å². The SMILES string of the molecule is CN(OCC(=O)O)C(=O)C(NC(=O)OCC1c2ccccc2-c2ccccc21)C1CCC1. The van der Waals surface area contributed by atoms with Crippen LogP contribution in [-0.2, 0) is 19.2 Å². The van der Waals surface area contributed by atoms with Crippen LogP contribution in [0, 0.1) is 5.92 Å². The highest BCUT2D eigenvalue weighted by Crippen LogP contribution is 2.44. The van der Waals surface area contributed by atoms with Crippen LogP contribution in [0.25, 0.3) is 11.1 Å². The topological polar surface area (TPSA) is 105 Å². The van der Waals surface area contributed by atoms with E-state index in [1.54, 1.807) is 0 Å². The molecule has 1 atom stereocenters. The fourth-order valence-corrected chi connectivity index (χ4v) is 4.33. The Morgan fingerprint density at radius 3 is 2.19 bits per heavy atom. The number of nitrogens with zero attached hydrogens (tertiary/aromatic N) is 1. The number of carboxylic acids is 1. The Hall–Kier alpha value is -3.39. The van der Waals surface area contributed by atoms with E-state index in [0.29, 0.717) is 0 Å². The molecule has 2 amide bonds. The highest BCUT2D eigenvalue weighted by molar-refractivity contribution is 5.85. The van der Waals surface area contributed by atoms with Crippen molar-refractivity contribution in [2.75, 3.05) is 20.3 Å². The van der Waals surface area contributed by atoms with Gasteiger partial charge in [-0.05, 0) is 41.0 Å². The van der Waals surface area contributed by atoms with Crippen molar-refractivity contribution < 1.29 is 29.1 Å². The number of hydrogen-bond acceptors (Lipinski definition) is 5. The molecule has 2 N–H and O–H groups in total. The minimum atomic E-state index is -1.19. The van der Waals surface area contributed by atoms with Crippen molar-refractivity contribution in [2.45, 2.75) is 31.2 Å². The van der Waals surface area contributed by atoms with E-state index in [2.05, 4.69) is 17.4 Å². The maximum Gasteiger partial charge on any atom is 0.407 e. The molecule has 0 saturated heterocycles. The first-order valence-electron chi connectivity index (χ1n) is 10.7. The lowest BCUT2D eigenvalue weighted by atomic mass is 9.79. The second kappa shape index (κ2) is 9.40. The number of hydrogen-bond donors (Lipinski definition) is 2. The molecule has 4 rings (SSSR count). The summed E-state index contributed by atoms with van der Waals surface area (Å²) in [5.74, 6) is -1.79. The van der Waals surface area contributed by atoms with Crippen LogP contribution in [0.4, 0.5) is 4.79 Å². The molecule has 1 fully saturated rings. The standard InChI is InChI=1S/C24H26N2O6/c1-26(32-14-21(27)28)23(29)22(15-7-6-8-15)25-24(30)31-13-20-18-11-4-2-9-16(18)17-10-3-5-12-19(17)20/h2-5,9-12,15,20,22H,6-8,13-14H2,1H3,(H,25,30)(H,27,28). The summed E-state index contributed by atoms with van der Waals surface area (Å²) < 4.78 is 5.56. The number of alkyl carbamates (subject to hydrolysis) is 1. The lowest BCUT2D eigenvalue weighted by Gasteiger charge is -2.34. The van der Waals surface area contributed by atoms with Crippen LogP contribution in [0.15, 0.2) is 48.5 Å². The molecule has 168 valence electrons. The summed E-state index contributed by atoms with van der Waals surface area (Å²) in [6.45, 7) is -0.485. The first kappa shape index (κ1) is 21.8. The fraction of sp³-hybridized carbons (Fsp3) is 0.375. The number of amides is 2. The number of carbonyl (C=O) groups is 3. The van der Waals surface area contributed by atoms with E-state index in [0.717, 1.165) is 46.6 Å². The van der Waals surface area contributed by atoms with Crippen LogP contribution in [0.3, 0.4) is 0 Å². The molecule has 0 heterocycles. The number of aliphatic carboxylic acids is 1. The Kier molecular flexibility index (Phi) is 6.41. The summed E-state index contributed by atoms with van der Waals surface area (Å²) in [5, 5.41) is 12.3. The number of nitrogens with one attached hydrogen (secondary N) is 1. The van der Waals surface area contributed by atoms with Crippen molar-refractivity contribution in [3.05, 3.63) is 59.7 Å². The molecular formula is C24H26N2O6. The average molecular weight is 438 g/mol. The zero-order chi connectivity index (χ0) is 22.7. The molecule has 0 radical (unpaired) electrons. The maximum absolute atomic E-state index is 12.8. The van der Waals surface area contributed by atoms with E-state index in [9.17, 15) is 14.4 Å². The van der Waals surface area contributed by atoms with Gasteiger partial charge in [0.1, 0.15) is 12.6 Å². The second-order valence-electron chi connectivity index (χ2n) is 8.14. The van der Waals surface area contributed by atoms with Gasteiger partial charge in [0, 0.05) is 13.0 Å². The highest BCUT2D eigenvalue weighted by atomic mass is 16.7. The Morgan fingerprint density at radius 2 is 1.66 bits per heavy atom. The molecule has 0 spiro atoms. The number of benzene rings is 2. The van der Waals surface area contributed by atoms with Crippen LogP contribution >= 0.6 is 0 Å². The van der Waals surface area contributed by atoms with Crippen molar-refractivity contribution in [2.24, 2.45) is 5.92 Å². The Morgan fingerprint density at radius 1 is 1.06 bits per heavy atom. The molecule has 0 aromatic heterocycles. The van der Waals surface area contributed by atoms with Gasteiger partial charge in [-0.3, -0.25) is 9.63 Å². The quantitative estimate of drug-likeness (QED) is 0.614. The number of hydroxylamine groups is 2. The molecule has 2 aliphatic rings. The first-order valence-corrected chi connectivity index (χ1v) is 10.7. The van der Waals surface area contributed by atoms with Gasteiger partial charge in [-0.2, -0.15) is 0 Å². The third kappa shape index (κ3) is 4.45. The molecule has 1 saturated carbocycles. The van der Waals surface area contributed by atoms with Crippen molar-refractivity contribution in [3.63, 3.8) is 0 Å². The van der Waals surface area contributed by atoms with E-state index in [-0.39, 0.29) is 18.4 Å². The summed E-state index contributed by atoms with van der Waals surface area (Å²) >= 11 is 0. The molecule has 8 heteroatoms. The van der Waals surface area contributed by atoms with Gasteiger partial charge in [0.05, 0.1) is 0 Å². The average Bonchev–Trinajstić information content (AvgIpc) is 3.07. The summed E-state index contributed by atoms with van der Waals surface area (Å²) in [6.07, 6.45) is 1.89. The van der Waals surface area contributed by atoms with Gasteiger partial charge in [-0.15, -0.1) is 0 Å². The normalized spacial score (nSPS) is 15.8. The second-order valence-corrected chi connectivity index (χ2v) is 8.14. The van der Waals surface area contributed by atoms with Gasteiger partial charge in [0.2, 0.25) is 0 Å². The Labute approximate surface area is 186 Å². The molecule has 0 bridgehead atoms. The summed E-state index contributed by atoms with van der Waals surface area (Å²) in [5.41, 5.74) is 4.48. The largest absolute Gasteiger partial charge is 0.479 e. The van der Waals surface area contributed by atoms with Crippen molar-refractivity contribution >= 4 is 18.0 Å². The molecular weight excluding hydrogens is 412 g/mol. The van der Waals surface area contributed by atoms with Crippen molar-refractivity contribution in [1.82, 2.24) is 10.4 Å². The van der Waals surface area contributed by atoms with E-state index in [4.69, 9.17) is 14.7 Å². The highest BCUT2D eigenvalue weighted by Gasteiger charge is 2.37. The molecule has 1 unspecified atom stereocenters. The van der Waals surface area contributed by atoms with Gasteiger partial charge in [-0.25, -0.2) is 14.7 Å². The van der Waals surface area contributed by atoms with Crippen molar-refractivity contribution in [3.8, 4) is 11.1 Å². The van der Waals surface area contributed by atoms with Crippen molar-refractivity contribution in [1.29, 1.82) is 0 Å². The summed E-state index contributed by atoms with van der Waals surface area (Å²) in [7, 11) is 1.34. The zero-order valence-corrected chi connectivity index (χ0v) is 17.8. The predicted molar refractivity (Wildman–Crippen MR) is 116 cm³/mol. The summed E-state index contributed by atoms with van der Waals surface area (Å²) in [6, 6.07) is 15.3. The number of likely N-dealkylation sites (N-methyl/N-ethyl adjacent to an activating group) is 1. The van der Waals surface area contributed by atoms with Crippen LogP contribution in [-0.4, -0.2) is 54.4 Å². The molecule has 2 aliphatic carbocycles. The fourth-order valence-electron chi connectivity index (χ4n) is 4.33. The van der Waals surface area contributed by atoms with Crippen LogP contribution in [0.5, 0.6) is 0 Å². The molecule has 2 aromatic carbocycles. The molecule has 32 heavy (non-hydrogen) atoms. The molecule has 2 aromatic rings. The monoisotopic (exact) mass is 438 g/mol. The zero-order valence-electron chi connectivity index (χ0n) is 17.8. The van der Waals surface area contributed by atoms with Gasteiger partial charge in [0.25, 0.3) is 5.91 Å². The smallest absolute Gasteiger partial charge is 0.407 e. The number of fused-ring (bicyclic) bond motifs is 3. The Balaban J connectivity index is 1.41. The third-order valence-corrected chi connectivity index (χ3v) is 6.20. The molecule has 8 nitrogen and oxygen atoms in total. The minimum absolute atomic E-state index is 0.0288. The van der Waals surface area contributed by atoms with Gasteiger partial charge >= 0.3 is 12.1 Å². The van der Waals surface area contributed by atoms with Crippen LogP contribution in [0.2, 0.25) is 0 Å². The lowest BCUT2D eigenvalue weighted by molar-refractivity contribution is -0.189. The Bertz CT molecular complexity index is 974. The van der Waals surface area contributed by atoms with Gasteiger partial charge in [-0.1, -0.05) is 55.0 Å². The predicted octanol–water partition coefficient (Wildman–Crippen LogP) is 3.17. The molecule has 0 aliphatic heterocycles. The van der Waals surface area contributed by atoms with E-state index < -0.39 is 30.6 Å². The first-order chi connectivity index (χ1) is 15.5. The van der Waals surface area contributed by atoms with E-state index >= 15 is 0 Å². The third-order valence-electron chi connectivity index (χ3n) is 6.20. The number of carboxylic acid groups (broad SMARTS) is 1. The van der Waals surface area contributed by atoms with Gasteiger partial charge in [0.15, 0.2) is 6.61 Å². The van der Waals surface area contributed by atoms with Crippen LogP contribution in [0.1, 0.15) is 36.3 Å². The van der Waals surface area contributed by atoms with E-state index in [1.807, 2.05) is 36.4 Å². The number of carbonyl (C=O) groups excluding carboxylic acids is 2. The van der Waals surface area contributed by atoms with Crippen LogP contribution < -0.4 is 5.32 Å². The number of ether oxygens (including phenoxy) is 1. The summed E-state index contributed by atoms with van der Waals surface area (Å²) in [4.78, 5) is 41.1. The lowest BCUT2D eigenvalue weighted by Crippen LogP contribution is -2.53. The van der Waals surface area contributed by atoms with Gasteiger partial charge < -0.3 is 15.2 Å². The maximum atomic E-state index is 12.8.